The summed E-state index contributed by atoms with van der Waals surface area (Å²) in [6.45, 7) is 11.6. The lowest BCUT2D eigenvalue weighted by atomic mass is 10.1. The van der Waals surface area contributed by atoms with Crippen LogP contribution in [-0.4, -0.2) is 11.7 Å². The standard InChI is InChI=1S/C22H23NO3/c1-15-10-6-8-12-18(15)23(21(24)26-22(3,4)5)16(2)20-14-17-11-7-9-13-19(17)25-20/h6-14H,2H2,1,3-5H3. The molecule has 0 aliphatic heterocycles. The van der Waals surface area contributed by atoms with Crippen LogP contribution < -0.4 is 4.90 Å². The van der Waals surface area contributed by atoms with E-state index in [1.54, 1.807) is 0 Å². The van der Waals surface area contributed by atoms with Crippen LogP contribution >= 0.6 is 0 Å². The molecule has 0 radical (unpaired) electrons. The Bertz CT molecular complexity index is 930. The first-order valence-corrected chi connectivity index (χ1v) is 8.53. The molecule has 0 bridgehead atoms. The van der Waals surface area contributed by atoms with E-state index in [-0.39, 0.29) is 0 Å². The van der Waals surface area contributed by atoms with Crippen molar-refractivity contribution in [1.29, 1.82) is 0 Å². The van der Waals surface area contributed by atoms with Crippen LogP contribution in [0.25, 0.3) is 16.7 Å². The third kappa shape index (κ3) is 3.64. The van der Waals surface area contributed by atoms with E-state index in [0.717, 1.165) is 16.5 Å². The molecule has 1 aromatic heterocycles. The molecule has 26 heavy (non-hydrogen) atoms. The Kier molecular flexibility index (Phi) is 4.60. The lowest BCUT2D eigenvalue weighted by Crippen LogP contribution is -2.35. The van der Waals surface area contributed by atoms with Crippen molar-refractivity contribution in [3.63, 3.8) is 0 Å². The van der Waals surface area contributed by atoms with Gasteiger partial charge in [0.05, 0.1) is 11.4 Å². The summed E-state index contributed by atoms with van der Waals surface area (Å²) in [5.41, 5.74) is 2.22. The fraction of sp³-hybridized carbons (Fsp3) is 0.227. The van der Waals surface area contributed by atoms with Gasteiger partial charge in [0.15, 0.2) is 5.76 Å². The molecule has 134 valence electrons. The van der Waals surface area contributed by atoms with E-state index in [2.05, 4.69) is 6.58 Å². The molecule has 4 nitrogen and oxygen atoms in total. The van der Waals surface area contributed by atoms with Crippen LogP contribution in [0.3, 0.4) is 0 Å². The maximum Gasteiger partial charge on any atom is 0.419 e. The number of nitrogens with zero attached hydrogens (tertiary/aromatic N) is 1. The number of carbonyl (C=O) groups is 1. The van der Waals surface area contributed by atoms with E-state index in [4.69, 9.17) is 9.15 Å². The van der Waals surface area contributed by atoms with Gasteiger partial charge < -0.3 is 9.15 Å². The van der Waals surface area contributed by atoms with Crippen LogP contribution in [0.15, 0.2) is 65.6 Å². The van der Waals surface area contributed by atoms with E-state index in [0.29, 0.717) is 17.1 Å². The van der Waals surface area contributed by atoms with E-state index >= 15 is 0 Å². The maximum atomic E-state index is 12.9. The lowest BCUT2D eigenvalue weighted by molar-refractivity contribution is 0.0599. The van der Waals surface area contributed by atoms with Gasteiger partial charge in [-0.1, -0.05) is 43.0 Å². The summed E-state index contributed by atoms with van der Waals surface area (Å²) in [6, 6.07) is 17.2. The predicted molar refractivity (Wildman–Crippen MR) is 105 cm³/mol. The summed E-state index contributed by atoms with van der Waals surface area (Å²) in [6.07, 6.45) is -0.489. The number of fused-ring (bicyclic) bond motifs is 1. The zero-order valence-corrected chi connectivity index (χ0v) is 15.6. The minimum atomic E-state index is -0.619. The average Bonchev–Trinajstić information content (AvgIpc) is 2.99. The molecule has 2 aromatic carbocycles. The Morgan fingerprint density at radius 1 is 1.08 bits per heavy atom. The molecule has 0 atom stereocenters. The normalized spacial score (nSPS) is 11.4. The van der Waals surface area contributed by atoms with Crippen LogP contribution in [0.5, 0.6) is 0 Å². The smallest absolute Gasteiger partial charge is 0.419 e. The van der Waals surface area contributed by atoms with Crippen LogP contribution in [0.4, 0.5) is 10.5 Å². The van der Waals surface area contributed by atoms with Crippen molar-refractivity contribution >= 4 is 28.4 Å². The van der Waals surface area contributed by atoms with Gasteiger partial charge in [-0.25, -0.2) is 9.69 Å². The van der Waals surface area contributed by atoms with Gasteiger partial charge in [0.25, 0.3) is 0 Å². The molecule has 0 saturated heterocycles. The summed E-state index contributed by atoms with van der Waals surface area (Å²) in [4.78, 5) is 14.4. The number of hydrogen-bond donors (Lipinski definition) is 0. The van der Waals surface area contributed by atoms with Crippen molar-refractivity contribution in [1.82, 2.24) is 0 Å². The van der Waals surface area contributed by atoms with Crippen molar-refractivity contribution in [3.05, 3.63) is 72.5 Å². The first kappa shape index (κ1) is 17.8. The second-order valence-corrected chi connectivity index (χ2v) is 7.20. The minimum Gasteiger partial charge on any atom is -0.455 e. The average molecular weight is 349 g/mol. The Labute approximate surface area is 153 Å². The van der Waals surface area contributed by atoms with Gasteiger partial charge in [0.2, 0.25) is 0 Å². The topological polar surface area (TPSA) is 42.7 Å². The molecule has 0 fully saturated rings. The molecule has 0 saturated carbocycles. The van der Waals surface area contributed by atoms with Gasteiger partial charge in [-0.2, -0.15) is 0 Å². The molecule has 4 heteroatoms. The van der Waals surface area contributed by atoms with E-state index in [9.17, 15) is 4.79 Å². The molecule has 1 heterocycles. The molecule has 0 aliphatic carbocycles. The van der Waals surface area contributed by atoms with Gasteiger partial charge in [0.1, 0.15) is 11.2 Å². The highest BCUT2D eigenvalue weighted by Crippen LogP contribution is 2.32. The molecular weight excluding hydrogens is 326 g/mol. The van der Waals surface area contributed by atoms with Crippen molar-refractivity contribution in [3.8, 4) is 0 Å². The van der Waals surface area contributed by atoms with E-state index in [1.807, 2.05) is 82.3 Å². The number of hydrogen-bond acceptors (Lipinski definition) is 3. The van der Waals surface area contributed by atoms with Crippen LogP contribution in [0.2, 0.25) is 0 Å². The highest BCUT2D eigenvalue weighted by molar-refractivity contribution is 6.02. The van der Waals surface area contributed by atoms with Crippen molar-refractivity contribution in [2.75, 3.05) is 4.90 Å². The summed E-state index contributed by atoms with van der Waals surface area (Å²) < 4.78 is 11.5. The molecule has 3 aromatic rings. The van der Waals surface area contributed by atoms with Gasteiger partial charge in [0, 0.05) is 5.39 Å². The first-order chi connectivity index (χ1) is 12.3. The number of rotatable bonds is 3. The van der Waals surface area contributed by atoms with Crippen molar-refractivity contribution < 1.29 is 13.9 Å². The Morgan fingerprint density at radius 2 is 1.73 bits per heavy atom. The molecule has 0 unspecified atom stereocenters. The monoisotopic (exact) mass is 349 g/mol. The summed E-state index contributed by atoms with van der Waals surface area (Å²) in [5.74, 6) is 0.528. The quantitative estimate of drug-likeness (QED) is 0.569. The van der Waals surface area contributed by atoms with Crippen LogP contribution in [-0.2, 0) is 4.74 Å². The van der Waals surface area contributed by atoms with E-state index < -0.39 is 11.7 Å². The number of aryl methyl sites for hydroxylation is 1. The SMILES string of the molecule is C=C(c1cc2ccccc2o1)N(C(=O)OC(C)(C)C)c1ccccc1C. The number of amides is 1. The molecule has 0 spiro atoms. The van der Waals surface area contributed by atoms with Gasteiger partial charge in [-0.3, -0.25) is 0 Å². The fourth-order valence-corrected chi connectivity index (χ4v) is 2.71. The largest absolute Gasteiger partial charge is 0.455 e. The van der Waals surface area contributed by atoms with E-state index in [1.165, 1.54) is 4.90 Å². The summed E-state index contributed by atoms with van der Waals surface area (Å²) in [7, 11) is 0. The van der Waals surface area contributed by atoms with Crippen LogP contribution in [0.1, 0.15) is 32.1 Å². The fourth-order valence-electron chi connectivity index (χ4n) is 2.71. The zero-order chi connectivity index (χ0) is 18.9. The Balaban J connectivity index is 2.06. The number of ether oxygens (including phenoxy) is 1. The predicted octanol–water partition coefficient (Wildman–Crippen LogP) is 6.15. The molecule has 1 amide bonds. The van der Waals surface area contributed by atoms with Crippen molar-refractivity contribution in [2.24, 2.45) is 0 Å². The molecule has 0 aliphatic rings. The van der Waals surface area contributed by atoms with Crippen molar-refractivity contribution in [2.45, 2.75) is 33.3 Å². The second kappa shape index (κ2) is 6.71. The van der Waals surface area contributed by atoms with Gasteiger partial charge in [-0.05, 0) is 51.5 Å². The summed E-state index contributed by atoms with van der Waals surface area (Å²) in [5, 5.41) is 0.956. The number of furan rings is 1. The maximum absolute atomic E-state index is 12.9. The third-order valence-electron chi connectivity index (χ3n) is 3.91. The van der Waals surface area contributed by atoms with Crippen LogP contribution in [0, 0.1) is 6.92 Å². The highest BCUT2D eigenvalue weighted by Gasteiger charge is 2.28. The molecule has 0 N–H and O–H groups in total. The Morgan fingerprint density at radius 3 is 2.38 bits per heavy atom. The Hall–Kier alpha value is -3.01. The number of anilines is 1. The second-order valence-electron chi connectivity index (χ2n) is 7.20. The third-order valence-corrected chi connectivity index (χ3v) is 3.91. The van der Waals surface area contributed by atoms with Gasteiger partial charge in [-0.15, -0.1) is 0 Å². The first-order valence-electron chi connectivity index (χ1n) is 8.53. The number of para-hydroxylation sites is 2. The zero-order valence-electron chi connectivity index (χ0n) is 15.6. The lowest BCUT2D eigenvalue weighted by Gasteiger charge is -2.28. The number of benzene rings is 2. The van der Waals surface area contributed by atoms with Gasteiger partial charge >= 0.3 is 6.09 Å². The number of carbonyl (C=O) groups excluding carboxylic acids is 1. The molecular formula is C22H23NO3. The molecule has 3 rings (SSSR count). The minimum absolute atomic E-state index is 0.435. The highest BCUT2D eigenvalue weighted by atomic mass is 16.6. The summed E-state index contributed by atoms with van der Waals surface area (Å²) >= 11 is 0.